The maximum Gasteiger partial charge on any atom is 0.135 e. The van der Waals surface area contributed by atoms with E-state index in [4.69, 9.17) is 9.72 Å². The third kappa shape index (κ3) is 7.24. The van der Waals surface area contributed by atoms with Crippen molar-refractivity contribution in [3.63, 3.8) is 0 Å². The fraction of sp³-hybridized carbons (Fsp3) is 0.179. The van der Waals surface area contributed by atoms with Gasteiger partial charge in [-0.2, -0.15) is 6.07 Å². The second-order valence-electron chi connectivity index (χ2n) is 17.5. The molecule has 5 nitrogen and oxygen atoms in total. The molecule has 0 saturated carbocycles. The van der Waals surface area contributed by atoms with E-state index < -0.39 is 7.92 Å². The third-order valence-electron chi connectivity index (χ3n) is 12.6. The number of rotatable bonds is 10. The molecule has 7 heteroatoms. The van der Waals surface area contributed by atoms with Crippen molar-refractivity contribution >= 4 is 53.0 Å². The first-order valence-corrected chi connectivity index (χ1v) is 23.5. The van der Waals surface area contributed by atoms with Crippen LogP contribution in [0.2, 0.25) is 0 Å². The second kappa shape index (κ2) is 16.8. The van der Waals surface area contributed by atoms with Crippen molar-refractivity contribution < 1.29 is 25.8 Å². The van der Waals surface area contributed by atoms with Gasteiger partial charge < -0.3 is 19.1 Å². The number of para-hydroxylation sites is 3. The molecule has 8 aromatic rings. The average molecular weight is 1020 g/mol. The summed E-state index contributed by atoms with van der Waals surface area (Å²) in [5.41, 5.74) is 14.4. The topological polar surface area (TPSA) is 33.5 Å². The molecule has 11 rings (SSSR count). The van der Waals surface area contributed by atoms with E-state index in [0.717, 1.165) is 68.5 Å². The molecule has 2 unspecified atom stereocenters. The van der Waals surface area contributed by atoms with E-state index >= 15 is 0 Å². The predicted molar refractivity (Wildman–Crippen MR) is 259 cm³/mol. The van der Waals surface area contributed by atoms with E-state index in [1.807, 2.05) is 12.3 Å². The number of allylic oxidation sites excluding steroid dienone is 1. The molecule has 0 radical (unpaired) electrons. The Labute approximate surface area is 387 Å². The van der Waals surface area contributed by atoms with E-state index in [2.05, 4.69) is 206 Å². The van der Waals surface area contributed by atoms with Crippen LogP contribution in [0.1, 0.15) is 69.4 Å². The summed E-state index contributed by atoms with van der Waals surface area (Å²) in [6.07, 6.45) is 11.4. The van der Waals surface area contributed by atoms with Crippen molar-refractivity contribution in [3.8, 4) is 39.6 Å². The van der Waals surface area contributed by atoms with Gasteiger partial charge in [-0.15, -0.1) is 48.0 Å². The molecule has 1 aliphatic carbocycles. The Morgan fingerprint density at radius 3 is 2.14 bits per heavy atom. The maximum atomic E-state index is 6.92. The number of unbranched alkanes of at least 4 members (excludes halogenated alkanes) is 1. The number of pyridine rings is 1. The van der Waals surface area contributed by atoms with Gasteiger partial charge in [0.05, 0.1) is 0 Å². The van der Waals surface area contributed by atoms with Crippen molar-refractivity contribution in [1.82, 2.24) is 9.55 Å². The number of aromatic nitrogens is 2. The summed E-state index contributed by atoms with van der Waals surface area (Å²) in [7, 11) is -0.408. The second-order valence-corrected chi connectivity index (χ2v) is 20.0. The summed E-state index contributed by atoms with van der Waals surface area (Å²) >= 11 is 0. The molecule has 6 aromatic carbocycles. The quantitative estimate of drug-likeness (QED) is 0.101. The summed E-state index contributed by atoms with van der Waals surface area (Å²) in [5, 5.41) is 2.80. The summed E-state index contributed by atoms with van der Waals surface area (Å²) in [5.74, 6) is 2.30. The van der Waals surface area contributed by atoms with Crippen LogP contribution in [0.25, 0.3) is 45.1 Å². The van der Waals surface area contributed by atoms with Crippen LogP contribution in [-0.4, -0.2) is 15.7 Å². The summed E-state index contributed by atoms with van der Waals surface area (Å²) in [6.45, 7) is 11.3. The van der Waals surface area contributed by atoms with E-state index in [9.17, 15) is 0 Å². The molecule has 0 spiro atoms. The number of nitrogens with zero attached hydrogens (tertiary/aromatic N) is 4. The molecule has 2 atom stereocenters. The largest absolute Gasteiger partial charge is 0.509 e. The van der Waals surface area contributed by atoms with Crippen molar-refractivity contribution in [2.45, 2.75) is 58.0 Å². The molecule has 0 amide bonds. The van der Waals surface area contributed by atoms with E-state index in [1.165, 1.54) is 46.5 Å². The van der Waals surface area contributed by atoms with Crippen molar-refractivity contribution in [2.24, 2.45) is 0 Å². The maximum absolute atomic E-state index is 6.92. The first-order chi connectivity index (χ1) is 30.4. The number of benzene rings is 6. The summed E-state index contributed by atoms with van der Waals surface area (Å²) in [4.78, 5) is 9.55. The van der Waals surface area contributed by atoms with Crippen molar-refractivity contribution in [2.75, 3.05) is 16.0 Å². The smallest absolute Gasteiger partial charge is 0.135 e. The summed E-state index contributed by atoms with van der Waals surface area (Å²) < 4.78 is 9.26. The molecule has 0 saturated heterocycles. The first-order valence-electron chi connectivity index (χ1n) is 21.9. The monoisotopic (exact) mass is 1020 g/mol. The van der Waals surface area contributed by atoms with Gasteiger partial charge in [-0.3, -0.25) is 0 Å². The number of fused-ring (bicyclic) bond motifs is 1. The van der Waals surface area contributed by atoms with Gasteiger partial charge in [0.2, 0.25) is 0 Å². The third-order valence-corrected chi connectivity index (χ3v) is 15.6. The van der Waals surface area contributed by atoms with Crippen molar-refractivity contribution in [3.05, 3.63) is 187 Å². The van der Waals surface area contributed by atoms with Gasteiger partial charge in [0.15, 0.2) is 0 Å². The first kappa shape index (κ1) is 41.3. The van der Waals surface area contributed by atoms with E-state index in [-0.39, 0.29) is 26.5 Å². The molecule has 0 fully saturated rings. The SMILES string of the molecule is CCCCP1c2cc(Oc3[c-]c(N4[CH-]N(c5c(-c6ccccc6)cccc5-c5ccccc5)c5ccccc54)ccc3)[c-]c3c2c2c(n3-c3cc(C(C)(C)C)ccn3)C=CCC21.[Pt]. The van der Waals surface area contributed by atoms with Gasteiger partial charge in [-0.1, -0.05) is 156 Å². The van der Waals surface area contributed by atoms with Crippen molar-refractivity contribution in [1.29, 1.82) is 0 Å². The van der Waals surface area contributed by atoms with Crippen LogP contribution in [0.15, 0.2) is 152 Å². The zero-order chi connectivity index (χ0) is 42.0. The molecule has 0 bridgehead atoms. The Hall–Kier alpha value is -5.73. The standard InChI is InChI=1S/C56H48N4OP.Pt/c1-5-6-32-62-50-29-17-28-48-53(50)54-49(60(48)52-33-40(30-31-57-52)56(2,3)4)35-43(36-51(54)62)61-42-23-15-22-41(34-42)58-37-59(47-27-14-13-26-46(47)58)55-44(38-18-9-7-10-19-38)24-16-25-45(55)39-20-11-8-12-21-39;/h7-28,30-31,33,36-37,50H,5-6,29,32H2,1-4H3;/q-3;. The molecule has 3 aliphatic rings. The van der Waals surface area contributed by atoms with Gasteiger partial charge in [0.25, 0.3) is 0 Å². The summed E-state index contributed by atoms with van der Waals surface area (Å²) in [6, 6.07) is 57.0. The number of hydrogen-bond donors (Lipinski definition) is 0. The van der Waals surface area contributed by atoms with Crippen LogP contribution in [0.4, 0.5) is 22.7 Å². The van der Waals surface area contributed by atoms with Gasteiger partial charge in [-0.05, 0) is 71.5 Å². The Bertz CT molecular complexity index is 2950. The molecule has 2 aromatic heterocycles. The zero-order valence-electron chi connectivity index (χ0n) is 36.0. The zero-order valence-corrected chi connectivity index (χ0v) is 39.1. The predicted octanol–water partition coefficient (Wildman–Crippen LogP) is 14.8. The van der Waals surface area contributed by atoms with Crippen LogP contribution in [-0.2, 0) is 26.5 Å². The van der Waals surface area contributed by atoms with Gasteiger partial charge in [0, 0.05) is 78.3 Å². The molecular formula is C56H48N4OPPt-3. The molecule has 63 heavy (non-hydrogen) atoms. The van der Waals surface area contributed by atoms with Crippen LogP contribution < -0.4 is 19.8 Å². The number of ether oxygens (including phenoxy) is 1. The van der Waals surface area contributed by atoms with E-state index in [0.29, 0.717) is 11.4 Å². The van der Waals surface area contributed by atoms with Crippen LogP contribution in [0, 0.1) is 18.8 Å². The van der Waals surface area contributed by atoms with E-state index in [1.54, 1.807) is 0 Å². The molecule has 2 aliphatic heterocycles. The minimum absolute atomic E-state index is 0. The normalized spacial score (nSPS) is 16.1. The molecule has 316 valence electrons. The van der Waals surface area contributed by atoms with Crippen LogP contribution in [0.3, 0.4) is 0 Å². The fourth-order valence-corrected chi connectivity index (χ4v) is 12.9. The molecule has 0 N–H and O–H groups in total. The minimum atomic E-state index is -0.408. The van der Waals surface area contributed by atoms with Crippen LogP contribution >= 0.6 is 7.92 Å². The minimum Gasteiger partial charge on any atom is -0.509 e. The number of anilines is 4. The van der Waals surface area contributed by atoms with Crippen LogP contribution in [0.5, 0.6) is 11.5 Å². The average Bonchev–Trinajstić information content (AvgIpc) is 3.96. The molecule has 4 heterocycles. The van der Waals surface area contributed by atoms with Gasteiger partial charge in [-0.25, -0.2) is 4.98 Å². The molecular weight excluding hydrogens is 971 g/mol. The van der Waals surface area contributed by atoms with Gasteiger partial charge in [0.1, 0.15) is 5.82 Å². The number of hydrogen-bond acceptors (Lipinski definition) is 4. The Morgan fingerprint density at radius 1 is 0.762 bits per heavy atom. The van der Waals surface area contributed by atoms with Gasteiger partial charge >= 0.3 is 0 Å². The Morgan fingerprint density at radius 2 is 1.44 bits per heavy atom. The Kier molecular flexibility index (Phi) is 11.0. The Balaban J connectivity index is 0.00000471. The fourth-order valence-electron chi connectivity index (χ4n) is 9.59.